The maximum Gasteiger partial charge on any atom is 0.259 e. The van der Waals surface area contributed by atoms with E-state index in [1.54, 1.807) is 19.3 Å². The molecule has 2 aromatic rings. The predicted octanol–water partition coefficient (Wildman–Crippen LogP) is 1.17. The van der Waals surface area contributed by atoms with E-state index in [1.165, 1.54) is 24.9 Å². The molecule has 2 N–H and O–H groups in total. The largest absolute Gasteiger partial charge is 0.387 e. The second-order valence-corrected chi connectivity index (χ2v) is 3.25. The SMILES string of the molecule is CNc1ccncc1C(=O)Nc1cncnc1. The first kappa shape index (κ1) is 11.0. The minimum atomic E-state index is -0.253. The summed E-state index contributed by atoms with van der Waals surface area (Å²) in [7, 11) is 1.75. The van der Waals surface area contributed by atoms with Crippen LogP contribution in [-0.4, -0.2) is 27.9 Å². The number of anilines is 2. The van der Waals surface area contributed by atoms with Gasteiger partial charge < -0.3 is 10.6 Å². The van der Waals surface area contributed by atoms with Crippen LogP contribution in [0, 0.1) is 0 Å². The summed E-state index contributed by atoms with van der Waals surface area (Å²) in [5.74, 6) is -0.253. The van der Waals surface area contributed by atoms with E-state index >= 15 is 0 Å². The van der Waals surface area contributed by atoms with E-state index in [-0.39, 0.29) is 5.91 Å². The summed E-state index contributed by atoms with van der Waals surface area (Å²) in [6, 6.07) is 1.73. The van der Waals surface area contributed by atoms with E-state index in [0.29, 0.717) is 16.9 Å². The molecule has 86 valence electrons. The highest BCUT2D eigenvalue weighted by Crippen LogP contribution is 2.14. The van der Waals surface area contributed by atoms with Crippen molar-refractivity contribution in [1.29, 1.82) is 0 Å². The molecule has 17 heavy (non-hydrogen) atoms. The van der Waals surface area contributed by atoms with Crippen LogP contribution in [0.3, 0.4) is 0 Å². The molecular formula is C11H11N5O. The van der Waals surface area contributed by atoms with Crippen molar-refractivity contribution in [1.82, 2.24) is 15.0 Å². The van der Waals surface area contributed by atoms with E-state index in [0.717, 1.165) is 0 Å². The van der Waals surface area contributed by atoms with Gasteiger partial charge in [0.05, 0.1) is 23.6 Å². The Bertz CT molecular complexity index is 514. The summed E-state index contributed by atoms with van der Waals surface area (Å²) in [5, 5.41) is 5.62. The van der Waals surface area contributed by atoms with Crippen molar-refractivity contribution in [3.05, 3.63) is 42.7 Å². The van der Waals surface area contributed by atoms with Crippen molar-refractivity contribution in [2.45, 2.75) is 0 Å². The molecule has 0 saturated heterocycles. The molecule has 0 aliphatic carbocycles. The fraction of sp³-hybridized carbons (Fsp3) is 0.0909. The Morgan fingerprint density at radius 2 is 1.94 bits per heavy atom. The Labute approximate surface area is 98.1 Å². The van der Waals surface area contributed by atoms with E-state index < -0.39 is 0 Å². The van der Waals surface area contributed by atoms with Gasteiger partial charge in [-0.3, -0.25) is 9.78 Å². The Kier molecular flexibility index (Phi) is 3.25. The van der Waals surface area contributed by atoms with Gasteiger partial charge >= 0.3 is 0 Å². The van der Waals surface area contributed by atoms with Crippen molar-refractivity contribution in [2.75, 3.05) is 17.7 Å². The number of rotatable bonds is 3. The lowest BCUT2D eigenvalue weighted by Crippen LogP contribution is -2.14. The minimum absolute atomic E-state index is 0.253. The molecule has 2 rings (SSSR count). The van der Waals surface area contributed by atoms with Crippen LogP contribution in [0.5, 0.6) is 0 Å². The lowest BCUT2D eigenvalue weighted by Gasteiger charge is -2.08. The summed E-state index contributed by atoms with van der Waals surface area (Å²) >= 11 is 0. The molecular weight excluding hydrogens is 218 g/mol. The molecule has 0 aliphatic heterocycles. The van der Waals surface area contributed by atoms with E-state index in [1.807, 2.05) is 0 Å². The van der Waals surface area contributed by atoms with Gasteiger partial charge in [-0.1, -0.05) is 0 Å². The van der Waals surface area contributed by atoms with Crippen LogP contribution in [0.25, 0.3) is 0 Å². The average molecular weight is 229 g/mol. The fourth-order valence-electron chi connectivity index (χ4n) is 1.36. The molecule has 0 aromatic carbocycles. The van der Waals surface area contributed by atoms with Gasteiger partial charge in [0.15, 0.2) is 0 Å². The van der Waals surface area contributed by atoms with Crippen molar-refractivity contribution < 1.29 is 4.79 Å². The van der Waals surface area contributed by atoms with E-state index in [9.17, 15) is 4.79 Å². The highest BCUT2D eigenvalue weighted by Gasteiger charge is 2.10. The fourth-order valence-corrected chi connectivity index (χ4v) is 1.36. The van der Waals surface area contributed by atoms with Gasteiger partial charge in [0.25, 0.3) is 5.91 Å². The number of amides is 1. The summed E-state index contributed by atoms with van der Waals surface area (Å²) in [6.45, 7) is 0. The van der Waals surface area contributed by atoms with Crippen molar-refractivity contribution >= 4 is 17.3 Å². The van der Waals surface area contributed by atoms with Crippen LogP contribution < -0.4 is 10.6 Å². The quantitative estimate of drug-likeness (QED) is 0.825. The molecule has 0 fully saturated rings. The van der Waals surface area contributed by atoms with Crippen LogP contribution in [0.1, 0.15) is 10.4 Å². The first-order valence-corrected chi connectivity index (χ1v) is 4.99. The average Bonchev–Trinajstić information content (AvgIpc) is 2.40. The molecule has 6 nitrogen and oxygen atoms in total. The Morgan fingerprint density at radius 1 is 1.18 bits per heavy atom. The predicted molar refractivity (Wildman–Crippen MR) is 63.8 cm³/mol. The number of carbonyl (C=O) groups excluding carboxylic acids is 1. The molecule has 1 amide bonds. The third-order valence-electron chi connectivity index (χ3n) is 2.15. The zero-order valence-electron chi connectivity index (χ0n) is 9.21. The van der Waals surface area contributed by atoms with Crippen LogP contribution >= 0.6 is 0 Å². The molecule has 0 unspecified atom stereocenters. The van der Waals surface area contributed by atoms with Crippen LogP contribution in [0.15, 0.2) is 37.2 Å². The number of hydrogen-bond donors (Lipinski definition) is 2. The first-order chi connectivity index (χ1) is 8.31. The van der Waals surface area contributed by atoms with Gasteiger partial charge in [0.2, 0.25) is 0 Å². The molecule has 0 saturated carbocycles. The highest BCUT2D eigenvalue weighted by molar-refractivity contribution is 6.07. The molecule has 0 spiro atoms. The number of pyridine rings is 1. The summed E-state index contributed by atoms with van der Waals surface area (Å²) < 4.78 is 0. The van der Waals surface area contributed by atoms with Gasteiger partial charge in [0, 0.05) is 25.1 Å². The lowest BCUT2D eigenvalue weighted by molar-refractivity contribution is 0.102. The normalized spacial score (nSPS) is 9.71. The second-order valence-electron chi connectivity index (χ2n) is 3.25. The Hall–Kier alpha value is -2.50. The molecule has 0 radical (unpaired) electrons. The smallest absolute Gasteiger partial charge is 0.259 e. The third kappa shape index (κ3) is 2.54. The van der Waals surface area contributed by atoms with Gasteiger partial charge in [-0.15, -0.1) is 0 Å². The minimum Gasteiger partial charge on any atom is -0.387 e. The molecule has 6 heteroatoms. The second kappa shape index (κ2) is 5.02. The van der Waals surface area contributed by atoms with Crippen LogP contribution in [0.2, 0.25) is 0 Å². The molecule has 0 aliphatic rings. The molecule has 0 bridgehead atoms. The topological polar surface area (TPSA) is 79.8 Å². The standard InChI is InChI=1S/C11H11N5O/c1-12-10-2-3-13-6-9(10)11(17)16-8-4-14-7-15-5-8/h2-7H,1H3,(H,12,13)(H,16,17). The number of nitrogens with one attached hydrogen (secondary N) is 2. The van der Waals surface area contributed by atoms with Gasteiger partial charge in [-0.05, 0) is 6.07 Å². The lowest BCUT2D eigenvalue weighted by atomic mass is 10.2. The first-order valence-electron chi connectivity index (χ1n) is 4.99. The van der Waals surface area contributed by atoms with Crippen molar-refractivity contribution in [3.8, 4) is 0 Å². The molecule has 0 atom stereocenters. The monoisotopic (exact) mass is 229 g/mol. The number of hydrogen-bond acceptors (Lipinski definition) is 5. The number of aromatic nitrogens is 3. The van der Waals surface area contributed by atoms with Crippen LogP contribution in [0.4, 0.5) is 11.4 Å². The van der Waals surface area contributed by atoms with Crippen molar-refractivity contribution in [2.24, 2.45) is 0 Å². The summed E-state index contributed by atoms with van der Waals surface area (Å²) in [5.41, 5.74) is 1.73. The number of nitrogens with zero attached hydrogens (tertiary/aromatic N) is 3. The summed E-state index contributed by atoms with van der Waals surface area (Å²) in [4.78, 5) is 23.5. The van der Waals surface area contributed by atoms with Crippen LogP contribution in [-0.2, 0) is 0 Å². The summed E-state index contributed by atoms with van der Waals surface area (Å²) in [6.07, 6.45) is 7.58. The maximum absolute atomic E-state index is 11.9. The van der Waals surface area contributed by atoms with Gasteiger partial charge in [-0.25, -0.2) is 9.97 Å². The Morgan fingerprint density at radius 3 is 2.65 bits per heavy atom. The highest BCUT2D eigenvalue weighted by atomic mass is 16.1. The third-order valence-corrected chi connectivity index (χ3v) is 2.15. The van der Waals surface area contributed by atoms with Gasteiger partial charge in [-0.2, -0.15) is 0 Å². The molecule has 2 aromatic heterocycles. The van der Waals surface area contributed by atoms with E-state index in [2.05, 4.69) is 25.6 Å². The van der Waals surface area contributed by atoms with Gasteiger partial charge in [0.1, 0.15) is 6.33 Å². The zero-order valence-corrected chi connectivity index (χ0v) is 9.21. The number of carbonyl (C=O) groups is 1. The molecule has 2 heterocycles. The Balaban J connectivity index is 2.20. The maximum atomic E-state index is 11.9. The zero-order chi connectivity index (χ0) is 12.1. The van der Waals surface area contributed by atoms with Crippen molar-refractivity contribution in [3.63, 3.8) is 0 Å². The van der Waals surface area contributed by atoms with E-state index in [4.69, 9.17) is 0 Å².